The molecule has 2 saturated heterocycles. The van der Waals surface area contributed by atoms with Gasteiger partial charge in [-0.2, -0.15) is 0 Å². The average Bonchev–Trinajstić information content (AvgIpc) is 3.00. The molecule has 0 atom stereocenters. The number of nitrogens with one attached hydrogen (secondary N) is 1. The highest BCUT2D eigenvalue weighted by atomic mass is 32.2. The second kappa shape index (κ2) is 8.30. The van der Waals surface area contributed by atoms with Crippen molar-refractivity contribution in [3.05, 3.63) is 0 Å². The van der Waals surface area contributed by atoms with Gasteiger partial charge in [-0.05, 0) is 51.7 Å². The highest BCUT2D eigenvalue weighted by molar-refractivity contribution is 7.88. The largest absolute Gasteiger partial charge is 0.335 e. The van der Waals surface area contributed by atoms with Crippen molar-refractivity contribution in [2.75, 3.05) is 52.6 Å². The van der Waals surface area contributed by atoms with Gasteiger partial charge in [0.25, 0.3) is 0 Å². The van der Waals surface area contributed by atoms with Crippen LogP contribution in [-0.2, 0) is 10.0 Å². The summed E-state index contributed by atoms with van der Waals surface area (Å²) in [4.78, 5) is 16.4. The highest BCUT2D eigenvalue weighted by Gasteiger charge is 2.26. The van der Waals surface area contributed by atoms with Crippen molar-refractivity contribution >= 4 is 16.1 Å². The van der Waals surface area contributed by atoms with Crippen molar-refractivity contribution in [2.45, 2.75) is 38.1 Å². The summed E-state index contributed by atoms with van der Waals surface area (Å²) in [6.07, 6.45) is 6.18. The summed E-state index contributed by atoms with van der Waals surface area (Å²) in [7, 11) is -1.28. The molecule has 2 amide bonds. The van der Waals surface area contributed by atoms with Gasteiger partial charge in [-0.25, -0.2) is 17.5 Å². The van der Waals surface area contributed by atoms with Gasteiger partial charge in [0, 0.05) is 32.7 Å². The number of rotatable bonds is 6. The van der Waals surface area contributed by atoms with Gasteiger partial charge in [0.2, 0.25) is 10.0 Å². The van der Waals surface area contributed by atoms with Crippen molar-refractivity contribution in [2.24, 2.45) is 0 Å². The number of amides is 2. The molecule has 2 rings (SSSR count). The molecule has 23 heavy (non-hydrogen) atoms. The number of urea groups is 1. The molecule has 0 saturated carbocycles. The summed E-state index contributed by atoms with van der Waals surface area (Å²) in [5, 5.41) is 3.02. The first-order valence-electron chi connectivity index (χ1n) is 8.55. The number of likely N-dealkylation sites (tertiary alicyclic amines) is 1. The van der Waals surface area contributed by atoms with Crippen molar-refractivity contribution in [3.63, 3.8) is 0 Å². The van der Waals surface area contributed by atoms with Gasteiger partial charge < -0.3 is 15.1 Å². The second-order valence-electron chi connectivity index (χ2n) is 6.71. The zero-order valence-corrected chi connectivity index (χ0v) is 15.1. The van der Waals surface area contributed by atoms with Crippen LogP contribution < -0.4 is 5.32 Å². The van der Waals surface area contributed by atoms with Crippen LogP contribution >= 0.6 is 0 Å². The van der Waals surface area contributed by atoms with Crippen LogP contribution in [0, 0.1) is 0 Å². The lowest BCUT2D eigenvalue weighted by atomic mass is 10.1. The van der Waals surface area contributed by atoms with E-state index >= 15 is 0 Å². The monoisotopic (exact) mass is 346 g/mol. The van der Waals surface area contributed by atoms with Crippen LogP contribution in [0.4, 0.5) is 4.79 Å². The molecule has 0 aliphatic carbocycles. The number of piperidine rings is 1. The molecule has 0 aromatic carbocycles. The molecule has 2 heterocycles. The minimum Gasteiger partial charge on any atom is -0.335 e. The Labute approximate surface area is 140 Å². The van der Waals surface area contributed by atoms with Gasteiger partial charge in [-0.15, -0.1) is 0 Å². The molecular weight excluding hydrogens is 316 g/mol. The molecule has 134 valence electrons. The normalized spacial score (nSPS) is 21.5. The Balaban J connectivity index is 1.63. The topological polar surface area (TPSA) is 73.0 Å². The number of hydrogen-bond acceptors (Lipinski definition) is 4. The quantitative estimate of drug-likeness (QED) is 0.762. The van der Waals surface area contributed by atoms with Crippen LogP contribution in [0.3, 0.4) is 0 Å². The van der Waals surface area contributed by atoms with Crippen LogP contribution in [0.1, 0.15) is 32.1 Å². The maximum atomic E-state index is 12.2. The van der Waals surface area contributed by atoms with Gasteiger partial charge in [0.05, 0.1) is 6.26 Å². The van der Waals surface area contributed by atoms with Crippen LogP contribution in [0.5, 0.6) is 0 Å². The summed E-state index contributed by atoms with van der Waals surface area (Å²) in [5.41, 5.74) is 0. The van der Waals surface area contributed by atoms with Gasteiger partial charge >= 0.3 is 6.03 Å². The van der Waals surface area contributed by atoms with E-state index in [0.29, 0.717) is 25.9 Å². The Morgan fingerprint density at radius 3 is 2.35 bits per heavy atom. The molecule has 2 aliphatic heterocycles. The van der Waals surface area contributed by atoms with E-state index < -0.39 is 10.0 Å². The second-order valence-corrected chi connectivity index (χ2v) is 8.69. The first-order valence-corrected chi connectivity index (χ1v) is 10.4. The van der Waals surface area contributed by atoms with Crippen molar-refractivity contribution < 1.29 is 13.2 Å². The van der Waals surface area contributed by atoms with E-state index in [-0.39, 0.29) is 12.1 Å². The third kappa shape index (κ3) is 5.93. The first kappa shape index (κ1) is 18.5. The fraction of sp³-hybridized carbons (Fsp3) is 0.933. The smallest absolute Gasteiger partial charge is 0.317 e. The van der Waals surface area contributed by atoms with Gasteiger partial charge in [0.1, 0.15) is 0 Å². The molecule has 0 aromatic rings. The fourth-order valence-electron chi connectivity index (χ4n) is 3.26. The lowest BCUT2D eigenvalue weighted by Gasteiger charge is -2.31. The minimum atomic E-state index is -3.11. The molecule has 0 unspecified atom stereocenters. The van der Waals surface area contributed by atoms with Gasteiger partial charge in [0.15, 0.2) is 0 Å². The standard InChI is InChI=1S/C15H30N4O3S/c1-17(8-5-11-18-9-3-4-10-18)15(20)16-14-6-12-19(13-7-14)23(2,21)22/h14H,3-13H2,1-2H3,(H,16,20). The Kier molecular flexibility index (Phi) is 6.67. The minimum absolute atomic E-state index is 0.0516. The molecule has 0 spiro atoms. The van der Waals surface area contributed by atoms with Crippen molar-refractivity contribution in [1.29, 1.82) is 0 Å². The fourth-order valence-corrected chi connectivity index (χ4v) is 4.13. The third-order valence-electron chi connectivity index (χ3n) is 4.76. The summed E-state index contributed by atoms with van der Waals surface area (Å²) in [6, 6.07) is 0.0192. The molecule has 2 fully saturated rings. The van der Waals surface area contributed by atoms with E-state index in [9.17, 15) is 13.2 Å². The third-order valence-corrected chi connectivity index (χ3v) is 6.07. The van der Waals surface area contributed by atoms with E-state index in [2.05, 4.69) is 10.2 Å². The van der Waals surface area contributed by atoms with Crippen LogP contribution in [0.2, 0.25) is 0 Å². The maximum Gasteiger partial charge on any atom is 0.317 e. The van der Waals surface area contributed by atoms with Gasteiger partial charge in [-0.3, -0.25) is 0 Å². The van der Waals surface area contributed by atoms with Crippen LogP contribution in [-0.4, -0.2) is 87.2 Å². The zero-order valence-electron chi connectivity index (χ0n) is 14.3. The average molecular weight is 346 g/mol. The lowest BCUT2D eigenvalue weighted by molar-refractivity contribution is 0.194. The van der Waals surface area contributed by atoms with Crippen LogP contribution in [0.15, 0.2) is 0 Å². The van der Waals surface area contributed by atoms with Crippen LogP contribution in [0.25, 0.3) is 0 Å². The highest BCUT2D eigenvalue weighted by Crippen LogP contribution is 2.13. The van der Waals surface area contributed by atoms with E-state index in [4.69, 9.17) is 0 Å². The first-order chi connectivity index (χ1) is 10.9. The molecule has 0 aromatic heterocycles. The molecule has 1 N–H and O–H groups in total. The maximum absolute atomic E-state index is 12.2. The summed E-state index contributed by atoms with van der Waals surface area (Å²) < 4.78 is 24.4. The Morgan fingerprint density at radius 2 is 1.78 bits per heavy atom. The summed E-state index contributed by atoms with van der Waals surface area (Å²) in [6.45, 7) is 5.17. The SMILES string of the molecule is CN(CCCN1CCCC1)C(=O)NC1CCN(S(C)(=O)=O)CC1. The molecule has 0 radical (unpaired) electrons. The van der Waals surface area contributed by atoms with E-state index in [1.807, 2.05) is 7.05 Å². The molecule has 2 aliphatic rings. The van der Waals surface area contributed by atoms with E-state index in [1.165, 1.54) is 36.5 Å². The molecule has 0 bridgehead atoms. The summed E-state index contributed by atoms with van der Waals surface area (Å²) >= 11 is 0. The van der Waals surface area contributed by atoms with E-state index in [0.717, 1.165) is 19.5 Å². The molecule has 8 heteroatoms. The zero-order chi connectivity index (χ0) is 16.9. The number of carbonyl (C=O) groups excluding carboxylic acids is 1. The molecule has 7 nitrogen and oxygen atoms in total. The Hall–Kier alpha value is -0.860. The van der Waals surface area contributed by atoms with Crippen molar-refractivity contribution in [3.8, 4) is 0 Å². The van der Waals surface area contributed by atoms with E-state index in [1.54, 1.807) is 4.90 Å². The molecular formula is C15H30N4O3S. The van der Waals surface area contributed by atoms with Crippen molar-refractivity contribution in [1.82, 2.24) is 19.4 Å². The predicted molar refractivity (Wildman–Crippen MR) is 90.9 cm³/mol. The number of carbonyl (C=O) groups is 1. The number of nitrogens with zero attached hydrogens (tertiary/aromatic N) is 3. The number of sulfonamides is 1. The lowest BCUT2D eigenvalue weighted by Crippen LogP contribution is -2.49. The summed E-state index contributed by atoms with van der Waals surface area (Å²) in [5.74, 6) is 0. The van der Waals surface area contributed by atoms with Gasteiger partial charge in [-0.1, -0.05) is 0 Å². The Morgan fingerprint density at radius 1 is 1.17 bits per heavy atom. The number of hydrogen-bond donors (Lipinski definition) is 1. The Bertz CT molecular complexity index is 483. The predicted octanol–water partition coefficient (Wildman–Crippen LogP) is 0.538.